The first-order chi connectivity index (χ1) is 18.8. The predicted molar refractivity (Wildman–Crippen MR) is 152 cm³/mol. The van der Waals surface area contributed by atoms with Crippen LogP contribution in [0.2, 0.25) is 10.0 Å². The fraction of sp³-hybridized carbons (Fsp3) is 0.250. The Labute approximate surface area is 243 Å². The highest BCUT2D eigenvalue weighted by Crippen LogP contribution is 2.33. The Morgan fingerprint density at radius 3 is 2.62 bits per heavy atom. The van der Waals surface area contributed by atoms with Gasteiger partial charge in [-0.05, 0) is 55.3 Å². The molecule has 202 valence electrons. The maximum atomic E-state index is 13.1. The molecule has 2 aliphatic heterocycles. The van der Waals surface area contributed by atoms with Crippen LogP contribution in [0.15, 0.2) is 59.1 Å². The minimum absolute atomic E-state index is 0.00311. The van der Waals surface area contributed by atoms with Crippen LogP contribution in [-0.4, -0.2) is 42.3 Å². The molecule has 0 aromatic heterocycles. The average molecular weight is 633 g/mol. The highest BCUT2D eigenvalue weighted by Gasteiger charge is 2.29. The molecule has 5 rings (SSSR count). The second-order valence-electron chi connectivity index (χ2n) is 9.26. The fourth-order valence-corrected chi connectivity index (χ4v) is 5.16. The van der Waals surface area contributed by atoms with Gasteiger partial charge in [0.15, 0.2) is 12.4 Å². The number of urea groups is 1. The van der Waals surface area contributed by atoms with E-state index in [0.717, 1.165) is 10.0 Å². The number of Topliss-reactive ketones (excluding diaryl/α,β-unsaturated/α-hetero) is 1. The first-order valence-electron chi connectivity index (χ1n) is 12.3. The Kier molecular flexibility index (Phi) is 8.30. The monoisotopic (exact) mass is 631 g/mol. The van der Waals surface area contributed by atoms with Crippen molar-refractivity contribution in [3.05, 3.63) is 80.2 Å². The van der Waals surface area contributed by atoms with E-state index in [9.17, 15) is 14.4 Å². The van der Waals surface area contributed by atoms with Gasteiger partial charge in [0.05, 0.1) is 15.7 Å². The van der Waals surface area contributed by atoms with E-state index in [2.05, 4.69) is 26.6 Å². The van der Waals surface area contributed by atoms with Crippen LogP contribution in [0.5, 0.6) is 17.2 Å². The molecule has 3 aromatic rings. The first kappa shape index (κ1) is 27.3. The number of carbonyl (C=O) groups excluding carboxylic acids is 3. The Bertz CT molecular complexity index is 1440. The molecule has 0 radical (unpaired) electrons. The van der Waals surface area contributed by atoms with Crippen LogP contribution in [0.3, 0.4) is 0 Å². The molecule has 2 N–H and O–H groups in total. The number of halogens is 3. The summed E-state index contributed by atoms with van der Waals surface area (Å²) in [5.74, 6) is 1.19. The highest BCUT2D eigenvalue weighted by atomic mass is 79.9. The van der Waals surface area contributed by atoms with Crippen LogP contribution in [0.1, 0.15) is 28.8 Å². The topological polar surface area (TPSA) is 97.0 Å². The number of anilines is 1. The van der Waals surface area contributed by atoms with Gasteiger partial charge in [-0.2, -0.15) is 0 Å². The van der Waals surface area contributed by atoms with Crippen molar-refractivity contribution in [2.45, 2.75) is 19.4 Å². The lowest BCUT2D eigenvalue weighted by molar-refractivity contribution is -0.118. The van der Waals surface area contributed by atoms with Crippen molar-refractivity contribution in [3.63, 3.8) is 0 Å². The number of benzene rings is 3. The summed E-state index contributed by atoms with van der Waals surface area (Å²) in [5, 5.41) is 6.50. The summed E-state index contributed by atoms with van der Waals surface area (Å²) in [5.41, 5.74) is 1.81. The largest absolute Gasteiger partial charge is 0.482 e. The number of carbonyl (C=O) groups is 3. The van der Waals surface area contributed by atoms with Crippen molar-refractivity contribution in [1.82, 2.24) is 10.2 Å². The molecular formula is C28H24BrCl2N3O5. The number of fused-ring (bicyclic) bond motifs is 1. The molecule has 0 saturated carbocycles. The van der Waals surface area contributed by atoms with E-state index in [1.54, 1.807) is 41.3 Å². The van der Waals surface area contributed by atoms with Crippen LogP contribution in [0.4, 0.5) is 10.5 Å². The lowest BCUT2D eigenvalue weighted by atomic mass is 9.88. The molecule has 11 heteroatoms. The summed E-state index contributed by atoms with van der Waals surface area (Å²) in [7, 11) is 0. The number of nitrogens with zero attached hydrogens (tertiary/aromatic N) is 1. The molecule has 0 atom stereocenters. The average Bonchev–Trinajstić information content (AvgIpc) is 2.93. The first-order valence-corrected chi connectivity index (χ1v) is 13.9. The van der Waals surface area contributed by atoms with E-state index in [1.165, 1.54) is 0 Å². The van der Waals surface area contributed by atoms with Crippen LogP contribution in [-0.2, 0) is 11.3 Å². The summed E-state index contributed by atoms with van der Waals surface area (Å²) in [4.78, 5) is 39.3. The number of amides is 3. The molecule has 3 aromatic carbocycles. The number of ketones is 1. The lowest BCUT2D eigenvalue weighted by Gasteiger charge is -2.31. The molecule has 2 heterocycles. The number of hydrogen-bond acceptors (Lipinski definition) is 5. The fourth-order valence-electron chi connectivity index (χ4n) is 4.54. The SMILES string of the molecule is O=C1COc2ccc(C(=O)C3CCN(C(=O)NCc4ccc(Br)cc4Oc4ccc(Cl)c(Cl)c4)CC3)cc2N1. The third-order valence-corrected chi connectivity index (χ3v) is 7.86. The molecular weight excluding hydrogens is 609 g/mol. The van der Waals surface area contributed by atoms with Crippen molar-refractivity contribution < 1.29 is 23.9 Å². The molecule has 39 heavy (non-hydrogen) atoms. The predicted octanol–water partition coefficient (Wildman–Crippen LogP) is 6.68. The van der Waals surface area contributed by atoms with Gasteiger partial charge >= 0.3 is 6.03 Å². The molecule has 1 saturated heterocycles. The van der Waals surface area contributed by atoms with Gasteiger partial charge in [0.1, 0.15) is 17.2 Å². The van der Waals surface area contributed by atoms with Gasteiger partial charge in [0.2, 0.25) is 0 Å². The van der Waals surface area contributed by atoms with Gasteiger partial charge in [0, 0.05) is 47.2 Å². The van der Waals surface area contributed by atoms with Gasteiger partial charge in [-0.25, -0.2) is 4.79 Å². The second kappa shape index (κ2) is 11.9. The van der Waals surface area contributed by atoms with Gasteiger partial charge in [-0.1, -0.05) is 45.2 Å². The number of hydrogen-bond donors (Lipinski definition) is 2. The third kappa shape index (κ3) is 6.49. The van der Waals surface area contributed by atoms with Crippen LogP contribution >= 0.6 is 39.1 Å². The van der Waals surface area contributed by atoms with Gasteiger partial charge < -0.3 is 25.0 Å². The van der Waals surface area contributed by atoms with Crippen molar-refractivity contribution in [2.24, 2.45) is 5.92 Å². The van der Waals surface area contributed by atoms with Gasteiger partial charge in [-0.3, -0.25) is 9.59 Å². The van der Waals surface area contributed by atoms with Crippen molar-refractivity contribution >= 4 is 62.5 Å². The van der Waals surface area contributed by atoms with E-state index in [-0.39, 0.29) is 36.8 Å². The number of likely N-dealkylation sites (tertiary alicyclic amines) is 1. The van der Waals surface area contributed by atoms with Crippen molar-refractivity contribution in [3.8, 4) is 17.2 Å². The van der Waals surface area contributed by atoms with Gasteiger partial charge in [0.25, 0.3) is 5.91 Å². The summed E-state index contributed by atoms with van der Waals surface area (Å²) in [6.07, 6.45) is 1.10. The summed E-state index contributed by atoms with van der Waals surface area (Å²) < 4.78 is 12.2. The van der Waals surface area contributed by atoms with E-state index >= 15 is 0 Å². The standard InChI is InChI=1S/C28H24BrCl2N3O5/c29-19-3-1-18(25(12-19)39-20-4-5-21(30)22(31)13-20)14-32-28(37)34-9-7-16(8-10-34)27(36)17-2-6-24-23(11-17)33-26(35)15-38-24/h1-6,11-13,16H,7-10,14-15H2,(H,32,37)(H,33,35). The Morgan fingerprint density at radius 2 is 1.85 bits per heavy atom. The minimum atomic E-state index is -0.248. The smallest absolute Gasteiger partial charge is 0.317 e. The number of ether oxygens (including phenoxy) is 2. The minimum Gasteiger partial charge on any atom is -0.482 e. The second-order valence-corrected chi connectivity index (χ2v) is 11.0. The van der Waals surface area contributed by atoms with E-state index in [4.69, 9.17) is 32.7 Å². The Hall–Kier alpha value is -3.27. The molecule has 0 unspecified atom stereocenters. The summed E-state index contributed by atoms with van der Waals surface area (Å²) in [6.45, 7) is 1.14. The Morgan fingerprint density at radius 1 is 1.05 bits per heavy atom. The molecule has 3 amide bonds. The quantitative estimate of drug-likeness (QED) is 0.295. The maximum absolute atomic E-state index is 13.1. The van der Waals surface area contributed by atoms with E-state index in [0.29, 0.717) is 64.5 Å². The zero-order valence-corrected chi connectivity index (χ0v) is 23.7. The van der Waals surface area contributed by atoms with Gasteiger partial charge in [-0.15, -0.1) is 0 Å². The molecule has 0 spiro atoms. The van der Waals surface area contributed by atoms with Crippen LogP contribution in [0.25, 0.3) is 0 Å². The zero-order chi connectivity index (χ0) is 27.5. The number of nitrogens with one attached hydrogen (secondary N) is 2. The number of piperidine rings is 1. The molecule has 8 nitrogen and oxygen atoms in total. The van der Waals surface area contributed by atoms with E-state index in [1.807, 2.05) is 18.2 Å². The highest BCUT2D eigenvalue weighted by molar-refractivity contribution is 9.10. The van der Waals surface area contributed by atoms with Crippen molar-refractivity contribution in [1.29, 1.82) is 0 Å². The molecule has 1 fully saturated rings. The van der Waals surface area contributed by atoms with Crippen LogP contribution in [0, 0.1) is 5.92 Å². The molecule has 0 bridgehead atoms. The summed E-state index contributed by atoms with van der Waals surface area (Å²) in [6, 6.07) is 15.4. The third-order valence-electron chi connectivity index (χ3n) is 6.63. The maximum Gasteiger partial charge on any atom is 0.317 e. The van der Waals surface area contributed by atoms with Crippen molar-refractivity contribution in [2.75, 3.05) is 25.0 Å². The summed E-state index contributed by atoms with van der Waals surface area (Å²) >= 11 is 15.6. The number of rotatable bonds is 6. The van der Waals surface area contributed by atoms with E-state index < -0.39 is 0 Å². The molecule has 2 aliphatic rings. The molecule has 0 aliphatic carbocycles. The Balaban J connectivity index is 1.16. The lowest BCUT2D eigenvalue weighted by Crippen LogP contribution is -2.45. The van der Waals surface area contributed by atoms with Crippen LogP contribution < -0.4 is 20.1 Å². The normalized spacial score (nSPS) is 15.2. The zero-order valence-electron chi connectivity index (χ0n) is 20.6.